The molecule has 1 saturated carbocycles. The molecule has 2 N–H and O–H groups in total. The van der Waals surface area contributed by atoms with Crippen molar-refractivity contribution in [3.63, 3.8) is 0 Å². The van der Waals surface area contributed by atoms with E-state index in [1.54, 1.807) is 0 Å². The number of nitrogens with one attached hydrogen (secondary N) is 2. The van der Waals surface area contributed by atoms with E-state index in [0.717, 1.165) is 25.0 Å². The summed E-state index contributed by atoms with van der Waals surface area (Å²) in [6, 6.07) is 3.67. The van der Waals surface area contributed by atoms with Crippen LogP contribution in [0.25, 0.3) is 0 Å². The summed E-state index contributed by atoms with van der Waals surface area (Å²) in [6.07, 6.45) is 3.28. The summed E-state index contributed by atoms with van der Waals surface area (Å²) < 4.78 is 18.9. The highest BCUT2D eigenvalue weighted by atomic mass is 35.5. The fourth-order valence-corrected chi connectivity index (χ4v) is 1.83. The summed E-state index contributed by atoms with van der Waals surface area (Å²) in [5.74, 6) is 0.194. The Balaban J connectivity index is 1.59. The lowest BCUT2D eigenvalue weighted by Crippen LogP contribution is -2.30. The molecule has 0 bridgehead atoms. The van der Waals surface area contributed by atoms with E-state index in [9.17, 15) is 9.18 Å². The molecular formula is C14H18ClFN2O2. The van der Waals surface area contributed by atoms with Gasteiger partial charge in [0.25, 0.3) is 0 Å². The molecule has 0 aliphatic heterocycles. The fourth-order valence-electron chi connectivity index (χ4n) is 1.67. The van der Waals surface area contributed by atoms with Gasteiger partial charge in [-0.1, -0.05) is 11.6 Å². The molecule has 2 amide bonds. The van der Waals surface area contributed by atoms with Crippen LogP contribution in [0, 0.1) is 11.7 Å². The molecule has 20 heavy (non-hydrogen) atoms. The van der Waals surface area contributed by atoms with Crippen LogP contribution in [0.2, 0.25) is 5.02 Å². The zero-order valence-electron chi connectivity index (χ0n) is 11.1. The third-order valence-electron chi connectivity index (χ3n) is 2.98. The van der Waals surface area contributed by atoms with E-state index < -0.39 is 11.8 Å². The SMILES string of the molecule is O=C(NCCCOCC1CC1)Nc1ccc(Cl)cc1F. The molecule has 0 aromatic heterocycles. The Hall–Kier alpha value is -1.33. The van der Waals surface area contributed by atoms with Gasteiger partial charge in [0.1, 0.15) is 5.82 Å². The van der Waals surface area contributed by atoms with Crippen LogP contribution >= 0.6 is 11.6 Å². The maximum atomic E-state index is 13.4. The van der Waals surface area contributed by atoms with Crippen molar-refractivity contribution >= 4 is 23.3 Å². The van der Waals surface area contributed by atoms with E-state index in [0.29, 0.717) is 18.2 Å². The van der Waals surface area contributed by atoms with Crippen LogP contribution in [0.4, 0.5) is 14.9 Å². The topological polar surface area (TPSA) is 50.4 Å². The summed E-state index contributed by atoms with van der Waals surface area (Å²) in [5.41, 5.74) is 0.108. The molecule has 1 aliphatic carbocycles. The Morgan fingerprint density at radius 2 is 2.25 bits per heavy atom. The van der Waals surface area contributed by atoms with Crippen LogP contribution < -0.4 is 10.6 Å². The molecule has 0 atom stereocenters. The number of rotatable bonds is 7. The Morgan fingerprint density at radius 1 is 1.45 bits per heavy atom. The first kappa shape index (κ1) is 15.1. The lowest BCUT2D eigenvalue weighted by atomic mass is 10.3. The predicted octanol–water partition coefficient (Wildman–Crippen LogP) is 3.42. The van der Waals surface area contributed by atoms with Crippen LogP contribution in [0.1, 0.15) is 19.3 Å². The number of hydrogen-bond acceptors (Lipinski definition) is 2. The van der Waals surface area contributed by atoms with Gasteiger partial charge in [-0.3, -0.25) is 0 Å². The van der Waals surface area contributed by atoms with Gasteiger partial charge in [0, 0.05) is 24.8 Å². The number of amides is 2. The monoisotopic (exact) mass is 300 g/mol. The van der Waals surface area contributed by atoms with Crippen LogP contribution in [0.3, 0.4) is 0 Å². The minimum Gasteiger partial charge on any atom is -0.381 e. The molecule has 0 unspecified atom stereocenters. The summed E-state index contributed by atoms with van der Waals surface area (Å²) in [7, 11) is 0. The van der Waals surface area contributed by atoms with Gasteiger partial charge in [0.05, 0.1) is 5.69 Å². The number of halogens is 2. The van der Waals surface area contributed by atoms with Gasteiger partial charge in [0.2, 0.25) is 0 Å². The van der Waals surface area contributed by atoms with Gasteiger partial charge >= 0.3 is 6.03 Å². The van der Waals surface area contributed by atoms with Gasteiger partial charge in [-0.25, -0.2) is 9.18 Å². The molecule has 1 aromatic carbocycles. The molecule has 1 fully saturated rings. The molecule has 0 spiro atoms. The van der Waals surface area contributed by atoms with E-state index >= 15 is 0 Å². The molecule has 1 aromatic rings. The van der Waals surface area contributed by atoms with E-state index in [4.69, 9.17) is 16.3 Å². The zero-order chi connectivity index (χ0) is 14.4. The highest BCUT2D eigenvalue weighted by Gasteiger charge is 2.20. The van der Waals surface area contributed by atoms with Crippen molar-refractivity contribution < 1.29 is 13.9 Å². The Labute approximate surface area is 122 Å². The second-order valence-electron chi connectivity index (χ2n) is 4.88. The molecule has 110 valence electrons. The van der Waals surface area contributed by atoms with Crippen molar-refractivity contribution in [1.82, 2.24) is 5.32 Å². The Kier molecular flexibility index (Phi) is 5.61. The summed E-state index contributed by atoms with van der Waals surface area (Å²) in [5, 5.41) is 5.37. The number of urea groups is 1. The highest BCUT2D eigenvalue weighted by molar-refractivity contribution is 6.30. The summed E-state index contributed by atoms with van der Waals surface area (Å²) in [6.45, 7) is 1.94. The van der Waals surface area contributed by atoms with Crippen LogP contribution in [-0.4, -0.2) is 25.8 Å². The molecule has 2 rings (SSSR count). The number of benzene rings is 1. The maximum absolute atomic E-state index is 13.4. The molecule has 0 saturated heterocycles. The van der Waals surface area contributed by atoms with Crippen molar-refractivity contribution in [2.24, 2.45) is 5.92 Å². The zero-order valence-corrected chi connectivity index (χ0v) is 11.9. The van der Waals surface area contributed by atoms with E-state index in [1.165, 1.54) is 25.0 Å². The number of ether oxygens (including phenoxy) is 1. The van der Waals surface area contributed by atoms with Crippen molar-refractivity contribution in [1.29, 1.82) is 0 Å². The Bertz CT molecular complexity index is 466. The first-order chi connectivity index (χ1) is 9.65. The largest absolute Gasteiger partial charge is 0.381 e. The number of hydrogen-bond donors (Lipinski definition) is 2. The van der Waals surface area contributed by atoms with Gasteiger partial charge in [-0.15, -0.1) is 0 Å². The standard InChI is InChI=1S/C14H18ClFN2O2/c15-11-4-5-13(12(16)8-11)18-14(19)17-6-1-7-20-9-10-2-3-10/h4-5,8,10H,1-3,6-7,9H2,(H2,17,18,19). The first-order valence-electron chi connectivity index (χ1n) is 6.73. The summed E-state index contributed by atoms with van der Waals surface area (Å²) >= 11 is 5.63. The molecule has 4 nitrogen and oxygen atoms in total. The summed E-state index contributed by atoms with van der Waals surface area (Å²) in [4.78, 5) is 11.5. The van der Waals surface area contributed by atoms with Gasteiger partial charge in [-0.05, 0) is 43.4 Å². The highest BCUT2D eigenvalue weighted by Crippen LogP contribution is 2.28. The van der Waals surface area contributed by atoms with Crippen LogP contribution in [-0.2, 0) is 4.74 Å². The van der Waals surface area contributed by atoms with Gasteiger partial charge < -0.3 is 15.4 Å². The average Bonchev–Trinajstić information content (AvgIpc) is 3.21. The van der Waals surface area contributed by atoms with Crippen LogP contribution in [0.5, 0.6) is 0 Å². The molecule has 0 radical (unpaired) electrons. The molecule has 0 heterocycles. The lowest BCUT2D eigenvalue weighted by molar-refractivity contribution is 0.122. The minimum absolute atomic E-state index is 0.108. The predicted molar refractivity (Wildman–Crippen MR) is 76.6 cm³/mol. The number of carbonyl (C=O) groups is 1. The van der Waals surface area contributed by atoms with E-state index in [2.05, 4.69) is 10.6 Å². The van der Waals surface area contributed by atoms with Crippen molar-refractivity contribution in [2.45, 2.75) is 19.3 Å². The normalized spacial score (nSPS) is 14.1. The number of anilines is 1. The van der Waals surface area contributed by atoms with E-state index in [-0.39, 0.29) is 5.69 Å². The first-order valence-corrected chi connectivity index (χ1v) is 7.10. The fraction of sp³-hybridized carbons (Fsp3) is 0.500. The van der Waals surface area contributed by atoms with Crippen LogP contribution in [0.15, 0.2) is 18.2 Å². The molecular weight excluding hydrogens is 283 g/mol. The molecule has 1 aliphatic rings. The second-order valence-corrected chi connectivity index (χ2v) is 5.31. The van der Waals surface area contributed by atoms with Gasteiger partial charge in [-0.2, -0.15) is 0 Å². The maximum Gasteiger partial charge on any atom is 0.319 e. The quantitative estimate of drug-likeness (QED) is 0.758. The third kappa shape index (κ3) is 5.35. The van der Waals surface area contributed by atoms with Crippen molar-refractivity contribution in [3.05, 3.63) is 29.0 Å². The minimum atomic E-state index is -0.555. The van der Waals surface area contributed by atoms with Crippen molar-refractivity contribution in [3.8, 4) is 0 Å². The lowest BCUT2D eigenvalue weighted by Gasteiger charge is -2.08. The van der Waals surface area contributed by atoms with E-state index in [1.807, 2.05) is 0 Å². The smallest absolute Gasteiger partial charge is 0.319 e. The van der Waals surface area contributed by atoms with Gasteiger partial charge in [0.15, 0.2) is 0 Å². The third-order valence-corrected chi connectivity index (χ3v) is 3.22. The molecule has 6 heteroatoms. The Morgan fingerprint density at radius 3 is 2.95 bits per heavy atom. The second kappa shape index (κ2) is 7.45. The average molecular weight is 301 g/mol. The number of carbonyl (C=O) groups excluding carboxylic acids is 1. The van der Waals surface area contributed by atoms with Crippen molar-refractivity contribution in [2.75, 3.05) is 25.1 Å².